The average Bonchev–Trinajstić information content (AvgIpc) is 2.47. The Bertz CT molecular complexity index is 715. The topological polar surface area (TPSA) is 76.5 Å². The molecule has 6 heteroatoms. The SMILES string of the molecule is COc1ccc(F)cc1CC(=O)Cc1ccnc(C(=O)O)c1. The molecule has 0 amide bonds. The number of rotatable bonds is 6. The van der Waals surface area contributed by atoms with Gasteiger partial charge in [0.25, 0.3) is 0 Å². The summed E-state index contributed by atoms with van der Waals surface area (Å²) < 4.78 is 18.4. The smallest absolute Gasteiger partial charge is 0.354 e. The Morgan fingerprint density at radius 2 is 2.00 bits per heavy atom. The van der Waals surface area contributed by atoms with Gasteiger partial charge in [0.15, 0.2) is 0 Å². The summed E-state index contributed by atoms with van der Waals surface area (Å²) in [5.74, 6) is -1.33. The van der Waals surface area contributed by atoms with Crippen LogP contribution >= 0.6 is 0 Å². The zero-order chi connectivity index (χ0) is 16.1. The number of aromatic carboxylic acids is 1. The second-order valence-electron chi connectivity index (χ2n) is 4.70. The second kappa shape index (κ2) is 6.80. The van der Waals surface area contributed by atoms with Gasteiger partial charge in [-0.05, 0) is 35.9 Å². The molecule has 0 bridgehead atoms. The number of pyridine rings is 1. The summed E-state index contributed by atoms with van der Waals surface area (Å²) in [4.78, 5) is 26.6. The van der Waals surface area contributed by atoms with Gasteiger partial charge in [0.2, 0.25) is 0 Å². The number of ether oxygens (including phenoxy) is 1. The van der Waals surface area contributed by atoms with Gasteiger partial charge >= 0.3 is 5.97 Å². The summed E-state index contributed by atoms with van der Waals surface area (Å²) in [7, 11) is 1.45. The molecule has 0 aliphatic heterocycles. The van der Waals surface area contributed by atoms with Crippen molar-refractivity contribution in [1.29, 1.82) is 0 Å². The highest BCUT2D eigenvalue weighted by atomic mass is 19.1. The molecule has 114 valence electrons. The van der Waals surface area contributed by atoms with Crippen LogP contribution in [0, 0.1) is 5.82 Å². The fraction of sp³-hybridized carbons (Fsp3) is 0.188. The van der Waals surface area contributed by atoms with E-state index in [9.17, 15) is 14.0 Å². The van der Waals surface area contributed by atoms with Crippen LogP contribution in [-0.4, -0.2) is 29.0 Å². The molecule has 1 aromatic carbocycles. The number of carbonyl (C=O) groups is 2. The largest absolute Gasteiger partial charge is 0.496 e. The van der Waals surface area contributed by atoms with Crippen LogP contribution in [0.3, 0.4) is 0 Å². The van der Waals surface area contributed by atoms with Crippen LogP contribution in [0.2, 0.25) is 0 Å². The highest BCUT2D eigenvalue weighted by Gasteiger charge is 2.12. The molecule has 2 aromatic rings. The van der Waals surface area contributed by atoms with Crippen LogP contribution in [0.4, 0.5) is 4.39 Å². The number of hydrogen-bond acceptors (Lipinski definition) is 4. The van der Waals surface area contributed by atoms with Crippen LogP contribution < -0.4 is 4.74 Å². The third-order valence-corrected chi connectivity index (χ3v) is 3.07. The molecule has 0 unspecified atom stereocenters. The Kier molecular flexibility index (Phi) is 4.83. The van der Waals surface area contributed by atoms with Crippen molar-refractivity contribution < 1.29 is 23.8 Å². The zero-order valence-electron chi connectivity index (χ0n) is 11.9. The molecule has 5 nitrogen and oxygen atoms in total. The van der Waals surface area contributed by atoms with Gasteiger partial charge in [0.05, 0.1) is 7.11 Å². The quantitative estimate of drug-likeness (QED) is 0.886. The summed E-state index contributed by atoms with van der Waals surface area (Å²) in [6.45, 7) is 0. The molecule has 1 aromatic heterocycles. The van der Waals surface area contributed by atoms with Crippen LogP contribution in [0.25, 0.3) is 0 Å². The van der Waals surface area contributed by atoms with Crippen LogP contribution in [0.5, 0.6) is 5.75 Å². The molecule has 22 heavy (non-hydrogen) atoms. The van der Waals surface area contributed by atoms with E-state index in [1.807, 2.05) is 0 Å². The number of Topliss-reactive ketones (excluding diaryl/α,β-unsaturated/α-hetero) is 1. The number of ketones is 1. The van der Waals surface area contributed by atoms with Gasteiger partial charge < -0.3 is 9.84 Å². The number of hydrogen-bond donors (Lipinski definition) is 1. The fourth-order valence-corrected chi connectivity index (χ4v) is 2.09. The maximum Gasteiger partial charge on any atom is 0.354 e. The van der Waals surface area contributed by atoms with Crippen LogP contribution in [-0.2, 0) is 17.6 Å². The van der Waals surface area contributed by atoms with Gasteiger partial charge in [-0.3, -0.25) is 4.79 Å². The molecular weight excluding hydrogens is 289 g/mol. The van der Waals surface area contributed by atoms with Gasteiger partial charge in [-0.1, -0.05) is 0 Å². The van der Waals surface area contributed by atoms with Crippen molar-refractivity contribution in [3.05, 3.63) is 59.2 Å². The normalized spacial score (nSPS) is 10.3. The Morgan fingerprint density at radius 3 is 2.68 bits per heavy atom. The Labute approximate surface area is 126 Å². The summed E-state index contributed by atoms with van der Waals surface area (Å²) in [5, 5.41) is 8.87. The minimum Gasteiger partial charge on any atom is -0.496 e. The number of halogens is 1. The molecule has 0 saturated heterocycles. The first kappa shape index (κ1) is 15.6. The summed E-state index contributed by atoms with van der Waals surface area (Å²) in [6, 6.07) is 6.91. The van der Waals surface area contributed by atoms with Crippen molar-refractivity contribution >= 4 is 11.8 Å². The van der Waals surface area contributed by atoms with Gasteiger partial charge in [0.1, 0.15) is 23.0 Å². The van der Waals surface area contributed by atoms with Crippen molar-refractivity contribution in [2.75, 3.05) is 7.11 Å². The van der Waals surface area contributed by atoms with E-state index in [4.69, 9.17) is 9.84 Å². The van der Waals surface area contributed by atoms with Crippen molar-refractivity contribution in [2.45, 2.75) is 12.8 Å². The van der Waals surface area contributed by atoms with E-state index in [2.05, 4.69) is 4.98 Å². The third-order valence-electron chi connectivity index (χ3n) is 3.07. The lowest BCUT2D eigenvalue weighted by Gasteiger charge is -2.08. The zero-order valence-corrected chi connectivity index (χ0v) is 11.9. The number of carboxylic acids is 1. The second-order valence-corrected chi connectivity index (χ2v) is 4.70. The first-order chi connectivity index (χ1) is 10.5. The van der Waals surface area contributed by atoms with Gasteiger partial charge in [-0.15, -0.1) is 0 Å². The van der Waals surface area contributed by atoms with E-state index in [1.54, 1.807) is 6.07 Å². The van der Waals surface area contributed by atoms with Crippen molar-refractivity contribution in [3.8, 4) is 5.75 Å². The minimum atomic E-state index is -1.15. The molecule has 0 spiro atoms. The Hall–Kier alpha value is -2.76. The summed E-state index contributed by atoms with van der Waals surface area (Å²) >= 11 is 0. The fourth-order valence-electron chi connectivity index (χ4n) is 2.09. The molecule has 0 fully saturated rings. The van der Waals surface area contributed by atoms with Gasteiger partial charge in [-0.25, -0.2) is 14.2 Å². The van der Waals surface area contributed by atoms with E-state index >= 15 is 0 Å². The summed E-state index contributed by atoms with van der Waals surface area (Å²) in [5.41, 5.74) is 0.890. The number of benzene rings is 1. The first-order valence-electron chi connectivity index (χ1n) is 6.52. The molecular formula is C16H14FNO4. The number of methoxy groups -OCH3 is 1. The van der Waals surface area contributed by atoms with Crippen molar-refractivity contribution in [3.63, 3.8) is 0 Å². The van der Waals surface area contributed by atoms with Gasteiger partial charge in [-0.2, -0.15) is 0 Å². The number of aromatic nitrogens is 1. The van der Waals surface area contributed by atoms with Crippen LogP contribution in [0.1, 0.15) is 21.6 Å². The van der Waals surface area contributed by atoms with Crippen LogP contribution in [0.15, 0.2) is 36.5 Å². The Balaban J connectivity index is 2.12. The molecule has 0 radical (unpaired) electrons. The van der Waals surface area contributed by atoms with Crippen molar-refractivity contribution in [1.82, 2.24) is 4.98 Å². The minimum absolute atomic E-state index is 0.00562. The number of carbonyl (C=O) groups excluding carboxylic acids is 1. The average molecular weight is 303 g/mol. The van der Waals surface area contributed by atoms with Gasteiger partial charge in [0, 0.05) is 24.6 Å². The molecule has 0 aliphatic carbocycles. The standard InChI is InChI=1S/C16H14FNO4/c1-22-15-3-2-12(17)8-11(15)9-13(19)6-10-4-5-18-14(7-10)16(20)21/h2-5,7-8H,6,9H2,1H3,(H,20,21). The van der Waals surface area contributed by atoms with E-state index in [0.717, 1.165) is 0 Å². The molecule has 1 N–H and O–H groups in total. The maximum atomic E-state index is 13.3. The first-order valence-corrected chi connectivity index (χ1v) is 6.52. The highest BCUT2D eigenvalue weighted by molar-refractivity contribution is 5.87. The van der Waals surface area contributed by atoms with E-state index in [-0.39, 0.29) is 24.3 Å². The molecule has 0 aliphatic rings. The predicted molar refractivity (Wildman–Crippen MR) is 76.6 cm³/mol. The highest BCUT2D eigenvalue weighted by Crippen LogP contribution is 2.20. The maximum absolute atomic E-state index is 13.3. The lowest BCUT2D eigenvalue weighted by Crippen LogP contribution is -2.09. The number of nitrogens with zero attached hydrogens (tertiary/aromatic N) is 1. The predicted octanol–water partition coefficient (Wildman–Crippen LogP) is 2.28. The molecule has 0 saturated carbocycles. The van der Waals surface area contributed by atoms with E-state index in [0.29, 0.717) is 16.9 Å². The number of carboxylic acid groups (broad SMARTS) is 1. The summed E-state index contributed by atoms with van der Waals surface area (Å²) in [6.07, 6.45) is 1.39. The van der Waals surface area contributed by atoms with E-state index < -0.39 is 11.8 Å². The lowest BCUT2D eigenvalue weighted by molar-refractivity contribution is -0.117. The Morgan fingerprint density at radius 1 is 1.23 bits per heavy atom. The third kappa shape index (κ3) is 3.88. The van der Waals surface area contributed by atoms with Crippen molar-refractivity contribution in [2.24, 2.45) is 0 Å². The molecule has 1 heterocycles. The van der Waals surface area contributed by atoms with E-state index in [1.165, 1.54) is 37.6 Å². The lowest BCUT2D eigenvalue weighted by atomic mass is 10.0. The molecule has 2 rings (SSSR count). The monoisotopic (exact) mass is 303 g/mol. The molecule has 0 atom stereocenters.